The van der Waals surface area contributed by atoms with Gasteiger partial charge in [-0.15, -0.1) is 0 Å². The van der Waals surface area contributed by atoms with Crippen molar-refractivity contribution in [3.8, 4) is 17.1 Å². The van der Waals surface area contributed by atoms with Gasteiger partial charge in [-0.05, 0) is 49.9 Å². The molecule has 0 radical (unpaired) electrons. The van der Waals surface area contributed by atoms with Crippen LogP contribution in [0.15, 0.2) is 42.5 Å². The fourth-order valence-electron chi connectivity index (χ4n) is 4.46. The number of piperidine rings is 1. The minimum Gasteiger partial charge on any atom is -0.507 e. The number of aromatic hydroxyl groups is 1. The van der Waals surface area contributed by atoms with Crippen LogP contribution in [-0.2, 0) is 9.53 Å². The second kappa shape index (κ2) is 8.92. The van der Waals surface area contributed by atoms with Crippen molar-refractivity contribution in [1.29, 1.82) is 0 Å². The maximum absolute atomic E-state index is 12.4. The summed E-state index contributed by atoms with van der Waals surface area (Å²) >= 11 is 6.37. The Bertz CT molecular complexity index is 1120. The van der Waals surface area contributed by atoms with Crippen LogP contribution in [0.25, 0.3) is 22.3 Å². The zero-order valence-corrected chi connectivity index (χ0v) is 18.4. The molecule has 8 heteroatoms. The normalized spacial score (nSPS) is 19.4. The van der Waals surface area contributed by atoms with Crippen LogP contribution >= 0.6 is 11.6 Å². The standard InChI is InChI=1S/C24H25ClN4O3/c25-17-6-3-8-19(30)21(17)22-27-18-7-2-1-5-16(18)23(28-22)29-12-10-15(11-13-29)26-24(31)20-9-4-14-32-20/h1-3,5-8,15,20,30H,4,9-14H2,(H,26,31)/t20-/m1/s1. The SMILES string of the molecule is O=C(NC1CCN(c2nc(-c3c(O)cccc3Cl)nc3ccccc23)CC1)[C@H]1CCCO1. The Morgan fingerprint density at radius 2 is 1.91 bits per heavy atom. The van der Waals surface area contributed by atoms with E-state index in [0.717, 1.165) is 55.5 Å². The monoisotopic (exact) mass is 452 g/mol. The van der Waals surface area contributed by atoms with Gasteiger partial charge in [0, 0.05) is 31.1 Å². The minimum absolute atomic E-state index is 0.00455. The summed E-state index contributed by atoms with van der Waals surface area (Å²) in [5.74, 6) is 1.27. The second-order valence-electron chi connectivity index (χ2n) is 8.29. The molecule has 2 N–H and O–H groups in total. The Hall–Kier alpha value is -2.90. The number of rotatable bonds is 4. The smallest absolute Gasteiger partial charge is 0.249 e. The highest BCUT2D eigenvalue weighted by Crippen LogP contribution is 2.36. The van der Waals surface area contributed by atoms with E-state index in [4.69, 9.17) is 21.3 Å². The first-order valence-electron chi connectivity index (χ1n) is 11.0. The number of halogens is 1. The lowest BCUT2D eigenvalue weighted by Gasteiger charge is -2.34. The highest BCUT2D eigenvalue weighted by atomic mass is 35.5. The molecule has 0 unspecified atom stereocenters. The highest BCUT2D eigenvalue weighted by Gasteiger charge is 2.28. The molecule has 2 aromatic carbocycles. The van der Waals surface area contributed by atoms with Gasteiger partial charge < -0.3 is 20.1 Å². The van der Waals surface area contributed by atoms with Gasteiger partial charge in [0.25, 0.3) is 0 Å². The Kier molecular flexibility index (Phi) is 5.85. The van der Waals surface area contributed by atoms with Gasteiger partial charge in [0.15, 0.2) is 5.82 Å². The molecule has 7 nitrogen and oxygen atoms in total. The van der Waals surface area contributed by atoms with Gasteiger partial charge in [-0.3, -0.25) is 4.79 Å². The van der Waals surface area contributed by atoms with Crippen molar-refractivity contribution in [2.45, 2.75) is 37.8 Å². The van der Waals surface area contributed by atoms with Gasteiger partial charge in [0.2, 0.25) is 5.91 Å². The van der Waals surface area contributed by atoms with E-state index in [1.54, 1.807) is 18.2 Å². The number of aromatic nitrogens is 2. The third kappa shape index (κ3) is 4.10. The zero-order chi connectivity index (χ0) is 22.1. The van der Waals surface area contributed by atoms with Crippen molar-refractivity contribution >= 4 is 34.2 Å². The van der Waals surface area contributed by atoms with E-state index in [0.29, 0.717) is 23.0 Å². The third-order valence-electron chi connectivity index (χ3n) is 6.16. The summed E-state index contributed by atoms with van der Waals surface area (Å²) in [6.07, 6.45) is 3.09. The predicted octanol–water partition coefficient (Wildman–Crippen LogP) is 3.92. The van der Waals surface area contributed by atoms with Crippen LogP contribution in [0, 0.1) is 0 Å². The molecular formula is C24H25ClN4O3. The number of carbonyl (C=O) groups excluding carboxylic acids is 1. The molecule has 2 saturated heterocycles. The van der Waals surface area contributed by atoms with Crippen LogP contribution in [-0.4, -0.2) is 52.8 Å². The average Bonchev–Trinajstić information content (AvgIpc) is 3.34. The number of para-hydroxylation sites is 1. The highest BCUT2D eigenvalue weighted by molar-refractivity contribution is 6.33. The first-order valence-corrected chi connectivity index (χ1v) is 11.4. The number of phenolic OH excluding ortho intramolecular Hbond substituents is 1. The molecule has 166 valence electrons. The summed E-state index contributed by atoms with van der Waals surface area (Å²) in [4.78, 5) is 24.1. The number of phenols is 1. The number of nitrogens with one attached hydrogen (secondary N) is 1. The summed E-state index contributed by atoms with van der Waals surface area (Å²) < 4.78 is 5.50. The van der Waals surface area contributed by atoms with Gasteiger partial charge in [0.05, 0.1) is 16.1 Å². The second-order valence-corrected chi connectivity index (χ2v) is 8.70. The van der Waals surface area contributed by atoms with Crippen LogP contribution in [0.1, 0.15) is 25.7 Å². The molecule has 0 bridgehead atoms. The maximum atomic E-state index is 12.4. The zero-order valence-electron chi connectivity index (χ0n) is 17.6. The third-order valence-corrected chi connectivity index (χ3v) is 6.48. The van der Waals surface area contributed by atoms with Crippen LogP contribution in [0.3, 0.4) is 0 Å². The van der Waals surface area contributed by atoms with Crippen LogP contribution in [0.4, 0.5) is 5.82 Å². The number of ether oxygens (including phenoxy) is 1. The number of nitrogens with zero attached hydrogens (tertiary/aromatic N) is 3. The maximum Gasteiger partial charge on any atom is 0.249 e. The average molecular weight is 453 g/mol. The number of amides is 1. The van der Waals surface area contributed by atoms with E-state index in [1.165, 1.54) is 0 Å². The van der Waals surface area contributed by atoms with Gasteiger partial charge in [0.1, 0.15) is 17.7 Å². The lowest BCUT2D eigenvalue weighted by molar-refractivity contribution is -0.130. The quantitative estimate of drug-likeness (QED) is 0.623. The molecule has 2 aliphatic rings. The van der Waals surface area contributed by atoms with Crippen molar-refractivity contribution in [2.75, 3.05) is 24.6 Å². The fraction of sp³-hybridized carbons (Fsp3) is 0.375. The number of carbonyl (C=O) groups is 1. The van der Waals surface area contributed by atoms with Crippen LogP contribution < -0.4 is 10.2 Å². The van der Waals surface area contributed by atoms with Crippen LogP contribution in [0.2, 0.25) is 5.02 Å². The van der Waals surface area contributed by atoms with Crippen molar-refractivity contribution in [3.05, 3.63) is 47.5 Å². The molecule has 5 rings (SSSR count). The Morgan fingerprint density at radius 3 is 2.66 bits per heavy atom. The molecule has 2 aliphatic heterocycles. The Balaban J connectivity index is 1.40. The van der Waals surface area contributed by atoms with Gasteiger partial charge in [-0.2, -0.15) is 0 Å². The molecule has 3 aromatic rings. The van der Waals surface area contributed by atoms with E-state index in [9.17, 15) is 9.90 Å². The number of fused-ring (bicyclic) bond motifs is 1. The summed E-state index contributed by atoms with van der Waals surface area (Å²) in [6, 6.07) is 13.0. The number of hydrogen-bond acceptors (Lipinski definition) is 6. The van der Waals surface area contributed by atoms with Crippen molar-refractivity contribution in [1.82, 2.24) is 15.3 Å². The Morgan fingerprint density at radius 1 is 1.09 bits per heavy atom. The summed E-state index contributed by atoms with van der Waals surface area (Å²) in [5.41, 5.74) is 1.22. The van der Waals surface area contributed by atoms with E-state index < -0.39 is 0 Å². The number of hydrogen-bond donors (Lipinski definition) is 2. The topological polar surface area (TPSA) is 87.6 Å². The van der Waals surface area contributed by atoms with Crippen molar-refractivity contribution in [3.63, 3.8) is 0 Å². The molecule has 1 amide bonds. The first kappa shape index (κ1) is 21.0. The van der Waals surface area contributed by atoms with Gasteiger partial charge in [-0.25, -0.2) is 9.97 Å². The molecule has 1 atom stereocenters. The number of benzene rings is 2. The minimum atomic E-state index is -0.301. The molecular weight excluding hydrogens is 428 g/mol. The van der Waals surface area contributed by atoms with Gasteiger partial charge in [-0.1, -0.05) is 29.8 Å². The van der Waals surface area contributed by atoms with Crippen molar-refractivity contribution < 1.29 is 14.6 Å². The molecule has 2 fully saturated rings. The van der Waals surface area contributed by atoms with E-state index in [-0.39, 0.29) is 23.8 Å². The predicted molar refractivity (Wildman–Crippen MR) is 124 cm³/mol. The molecule has 0 aliphatic carbocycles. The largest absolute Gasteiger partial charge is 0.507 e. The first-order chi connectivity index (χ1) is 15.6. The van der Waals surface area contributed by atoms with E-state index in [1.807, 2.05) is 24.3 Å². The summed E-state index contributed by atoms with van der Waals surface area (Å²) in [5, 5.41) is 14.9. The Labute approximate surface area is 191 Å². The van der Waals surface area contributed by atoms with E-state index >= 15 is 0 Å². The molecule has 0 spiro atoms. The van der Waals surface area contributed by atoms with E-state index in [2.05, 4.69) is 15.2 Å². The molecule has 32 heavy (non-hydrogen) atoms. The fourth-order valence-corrected chi connectivity index (χ4v) is 4.72. The molecule has 0 saturated carbocycles. The summed E-state index contributed by atoms with van der Waals surface area (Å²) in [7, 11) is 0. The van der Waals surface area contributed by atoms with Crippen molar-refractivity contribution in [2.24, 2.45) is 0 Å². The molecule has 3 heterocycles. The van der Waals surface area contributed by atoms with Gasteiger partial charge >= 0.3 is 0 Å². The number of anilines is 1. The lowest BCUT2D eigenvalue weighted by atomic mass is 10.0. The molecule has 1 aromatic heterocycles. The summed E-state index contributed by atoms with van der Waals surface area (Å²) in [6.45, 7) is 2.18. The van der Waals surface area contributed by atoms with Crippen LogP contribution in [0.5, 0.6) is 5.75 Å². The lowest BCUT2D eigenvalue weighted by Crippen LogP contribution is -2.47.